The molecule has 2 heterocycles. The summed E-state index contributed by atoms with van der Waals surface area (Å²) in [6.07, 6.45) is 4.88. The van der Waals surface area contributed by atoms with E-state index in [0.717, 1.165) is 22.3 Å². The van der Waals surface area contributed by atoms with Gasteiger partial charge in [-0.1, -0.05) is 30.3 Å². The number of nitrogens with zero attached hydrogens (tertiary/aromatic N) is 3. The molecule has 4 aromatic rings. The molecule has 26 heavy (non-hydrogen) atoms. The van der Waals surface area contributed by atoms with Crippen LogP contribution in [0.4, 0.5) is 0 Å². The summed E-state index contributed by atoms with van der Waals surface area (Å²) in [5, 5.41) is 16.6. The first kappa shape index (κ1) is 15.8. The van der Waals surface area contributed by atoms with Gasteiger partial charge in [0.15, 0.2) is 5.82 Å². The molecule has 0 saturated heterocycles. The van der Waals surface area contributed by atoms with Gasteiger partial charge in [-0.05, 0) is 29.8 Å². The summed E-state index contributed by atoms with van der Waals surface area (Å²) in [4.78, 5) is 8.43. The molecule has 2 N–H and O–H groups in total. The van der Waals surface area contributed by atoms with Crippen LogP contribution >= 0.6 is 0 Å². The zero-order valence-corrected chi connectivity index (χ0v) is 13.8. The third-order valence-electron chi connectivity index (χ3n) is 3.94. The number of aromatic hydroxyl groups is 1. The van der Waals surface area contributed by atoms with Gasteiger partial charge in [0.1, 0.15) is 24.4 Å². The minimum absolute atomic E-state index is 0.164. The Balaban J connectivity index is 1.67. The van der Waals surface area contributed by atoms with Gasteiger partial charge in [0, 0.05) is 29.1 Å². The van der Waals surface area contributed by atoms with Crippen molar-refractivity contribution in [2.45, 2.75) is 6.61 Å². The fourth-order valence-electron chi connectivity index (χ4n) is 2.67. The monoisotopic (exact) mass is 344 g/mol. The summed E-state index contributed by atoms with van der Waals surface area (Å²) < 4.78 is 5.99. The van der Waals surface area contributed by atoms with Crippen LogP contribution < -0.4 is 4.74 Å². The predicted octanol–water partition coefficient (Wildman–Crippen LogP) is 3.82. The average Bonchev–Trinajstić information content (AvgIpc) is 3.23. The molecule has 0 spiro atoms. The molecule has 0 radical (unpaired) electrons. The molecular formula is C20H16N4O2. The Kier molecular flexibility index (Phi) is 4.30. The lowest BCUT2D eigenvalue weighted by molar-refractivity contribution is 0.307. The first-order valence-electron chi connectivity index (χ1n) is 8.10. The lowest BCUT2D eigenvalue weighted by Gasteiger charge is -2.13. The van der Waals surface area contributed by atoms with Crippen molar-refractivity contribution in [2.75, 3.05) is 0 Å². The van der Waals surface area contributed by atoms with Crippen LogP contribution in [0.5, 0.6) is 11.5 Å². The molecule has 0 aliphatic rings. The van der Waals surface area contributed by atoms with Crippen LogP contribution in [0, 0.1) is 0 Å². The summed E-state index contributed by atoms with van der Waals surface area (Å²) in [5.41, 5.74) is 3.45. The number of H-pyrrole nitrogens is 1. The lowest BCUT2D eigenvalue weighted by Crippen LogP contribution is -1.97. The van der Waals surface area contributed by atoms with Crippen molar-refractivity contribution in [2.24, 2.45) is 0 Å². The third kappa shape index (κ3) is 3.39. The highest BCUT2D eigenvalue weighted by Gasteiger charge is 2.11. The van der Waals surface area contributed by atoms with Gasteiger partial charge in [0.25, 0.3) is 0 Å². The van der Waals surface area contributed by atoms with Crippen molar-refractivity contribution in [1.29, 1.82) is 0 Å². The number of phenols is 1. The summed E-state index contributed by atoms with van der Waals surface area (Å²) in [6.45, 7) is 0.438. The van der Waals surface area contributed by atoms with Crippen LogP contribution in [0.2, 0.25) is 0 Å². The van der Waals surface area contributed by atoms with E-state index in [1.54, 1.807) is 30.6 Å². The Morgan fingerprint density at radius 2 is 1.81 bits per heavy atom. The van der Waals surface area contributed by atoms with E-state index in [4.69, 9.17) is 4.74 Å². The van der Waals surface area contributed by atoms with Crippen molar-refractivity contribution in [3.63, 3.8) is 0 Å². The summed E-state index contributed by atoms with van der Waals surface area (Å²) in [6, 6.07) is 16.9. The van der Waals surface area contributed by atoms with E-state index >= 15 is 0 Å². The van der Waals surface area contributed by atoms with Gasteiger partial charge in [0.05, 0.1) is 0 Å². The van der Waals surface area contributed by atoms with Crippen molar-refractivity contribution in [1.82, 2.24) is 20.2 Å². The summed E-state index contributed by atoms with van der Waals surface area (Å²) in [7, 11) is 0. The standard InChI is InChI=1S/C20H16N4O2/c25-17-6-7-19(26-12-14-4-2-1-3-5-14)18(9-17)15-8-16(11-21-10-15)20-22-13-23-24-20/h1-11,13,25H,12H2,(H,22,23,24). The largest absolute Gasteiger partial charge is 0.508 e. The van der Waals surface area contributed by atoms with Crippen LogP contribution in [-0.4, -0.2) is 25.3 Å². The van der Waals surface area contributed by atoms with E-state index in [9.17, 15) is 5.11 Å². The van der Waals surface area contributed by atoms with Crippen LogP contribution in [-0.2, 0) is 6.61 Å². The molecule has 0 bridgehead atoms. The number of rotatable bonds is 5. The Labute approximate surface area is 150 Å². The molecule has 0 fully saturated rings. The molecule has 2 aromatic carbocycles. The van der Waals surface area contributed by atoms with Gasteiger partial charge in [-0.3, -0.25) is 10.1 Å². The smallest absolute Gasteiger partial charge is 0.157 e. The summed E-state index contributed by atoms with van der Waals surface area (Å²) >= 11 is 0. The van der Waals surface area contributed by atoms with Crippen molar-refractivity contribution < 1.29 is 9.84 Å². The number of nitrogens with one attached hydrogen (secondary N) is 1. The molecule has 4 rings (SSSR count). The van der Waals surface area contributed by atoms with E-state index in [0.29, 0.717) is 18.2 Å². The second-order valence-electron chi connectivity index (χ2n) is 5.75. The molecule has 0 amide bonds. The van der Waals surface area contributed by atoms with Crippen LogP contribution in [0.3, 0.4) is 0 Å². The predicted molar refractivity (Wildman–Crippen MR) is 97.5 cm³/mol. The minimum Gasteiger partial charge on any atom is -0.508 e. The fraction of sp³-hybridized carbons (Fsp3) is 0.0500. The van der Waals surface area contributed by atoms with E-state index in [1.807, 2.05) is 36.4 Å². The number of hydrogen-bond donors (Lipinski definition) is 2. The molecule has 0 aliphatic heterocycles. The number of phenolic OH excluding ortho intramolecular Hbond substituents is 1. The first-order chi connectivity index (χ1) is 12.8. The lowest BCUT2D eigenvalue weighted by atomic mass is 10.0. The normalized spacial score (nSPS) is 10.6. The zero-order chi connectivity index (χ0) is 17.8. The molecule has 0 aliphatic carbocycles. The molecule has 2 aromatic heterocycles. The second-order valence-corrected chi connectivity index (χ2v) is 5.75. The van der Waals surface area contributed by atoms with Crippen LogP contribution in [0.25, 0.3) is 22.5 Å². The van der Waals surface area contributed by atoms with Crippen LogP contribution in [0.1, 0.15) is 5.56 Å². The third-order valence-corrected chi connectivity index (χ3v) is 3.94. The highest BCUT2D eigenvalue weighted by molar-refractivity contribution is 5.74. The van der Waals surface area contributed by atoms with E-state index in [1.165, 1.54) is 6.33 Å². The van der Waals surface area contributed by atoms with Crippen LogP contribution in [0.15, 0.2) is 73.3 Å². The van der Waals surface area contributed by atoms with Gasteiger partial charge < -0.3 is 9.84 Å². The average molecular weight is 344 g/mol. The van der Waals surface area contributed by atoms with Crippen molar-refractivity contribution in [3.8, 4) is 34.0 Å². The Morgan fingerprint density at radius 3 is 2.62 bits per heavy atom. The highest BCUT2D eigenvalue weighted by atomic mass is 16.5. The number of pyridine rings is 1. The number of ether oxygens (including phenoxy) is 1. The maximum atomic E-state index is 9.93. The fourth-order valence-corrected chi connectivity index (χ4v) is 2.67. The van der Waals surface area contributed by atoms with Gasteiger partial charge in [0.2, 0.25) is 0 Å². The topological polar surface area (TPSA) is 83.9 Å². The minimum atomic E-state index is 0.164. The van der Waals surface area contributed by atoms with Crippen molar-refractivity contribution in [3.05, 3.63) is 78.9 Å². The van der Waals surface area contributed by atoms with Gasteiger partial charge >= 0.3 is 0 Å². The van der Waals surface area contributed by atoms with Gasteiger partial charge in [-0.15, -0.1) is 0 Å². The number of aromatic amines is 1. The second kappa shape index (κ2) is 7.06. The number of aromatic nitrogens is 4. The SMILES string of the molecule is Oc1ccc(OCc2ccccc2)c(-c2cncc(-c3ncn[nH]3)c2)c1. The molecule has 0 atom stereocenters. The van der Waals surface area contributed by atoms with Gasteiger partial charge in [-0.25, -0.2) is 4.98 Å². The summed E-state index contributed by atoms with van der Waals surface area (Å²) in [5.74, 6) is 1.46. The Hall–Kier alpha value is -3.67. The number of benzene rings is 2. The van der Waals surface area contributed by atoms with E-state index in [-0.39, 0.29) is 5.75 Å². The van der Waals surface area contributed by atoms with E-state index in [2.05, 4.69) is 20.2 Å². The molecule has 128 valence electrons. The molecule has 0 saturated carbocycles. The zero-order valence-electron chi connectivity index (χ0n) is 13.8. The molecule has 0 unspecified atom stereocenters. The molecule has 6 heteroatoms. The number of hydrogen-bond acceptors (Lipinski definition) is 5. The molecular weight excluding hydrogens is 328 g/mol. The van der Waals surface area contributed by atoms with Crippen molar-refractivity contribution >= 4 is 0 Å². The quantitative estimate of drug-likeness (QED) is 0.575. The Bertz CT molecular complexity index is 1000. The highest BCUT2D eigenvalue weighted by Crippen LogP contribution is 2.34. The first-order valence-corrected chi connectivity index (χ1v) is 8.10. The van der Waals surface area contributed by atoms with E-state index < -0.39 is 0 Å². The Morgan fingerprint density at radius 1 is 0.962 bits per heavy atom. The maximum Gasteiger partial charge on any atom is 0.157 e. The maximum absolute atomic E-state index is 9.93. The molecule has 6 nitrogen and oxygen atoms in total. The van der Waals surface area contributed by atoms with Gasteiger partial charge in [-0.2, -0.15) is 5.10 Å².